The molecule has 2 atom stereocenters. The predicted molar refractivity (Wildman–Crippen MR) is 66.5 cm³/mol. The maximum atomic E-state index is 11.6. The molecule has 1 aliphatic heterocycles. The number of piperidine rings is 1. The van der Waals surface area contributed by atoms with E-state index in [0.29, 0.717) is 6.54 Å². The summed E-state index contributed by atoms with van der Waals surface area (Å²) in [6.45, 7) is 0.676. The lowest BCUT2D eigenvalue weighted by Gasteiger charge is -2.33. The second-order valence-electron chi connectivity index (χ2n) is 4.67. The van der Waals surface area contributed by atoms with E-state index in [1.54, 1.807) is 4.90 Å². The molecule has 3 N–H and O–H groups in total. The Morgan fingerprint density at radius 2 is 1.90 bits per heavy atom. The van der Waals surface area contributed by atoms with Crippen molar-refractivity contribution in [1.82, 2.24) is 10.2 Å². The van der Waals surface area contributed by atoms with Crippen LogP contribution in [0.3, 0.4) is 0 Å². The number of amides is 1. The van der Waals surface area contributed by atoms with E-state index in [4.69, 9.17) is 15.5 Å². The highest BCUT2D eigenvalue weighted by molar-refractivity contribution is 5.81. The zero-order valence-corrected chi connectivity index (χ0v) is 10.9. The standard InChI is InChI=1S/C12H17N3O5/c13-3-1-4-14-10(16)7-15-5-2-8(11(17)18)9(6-15)12(19)20/h8-9H,1-2,4-7H2,(H,14,16)(H,17,18)(H,19,20). The van der Waals surface area contributed by atoms with E-state index in [-0.39, 0.29) is 38.4 Å². The zero-order chi connectivity index (χ0) is 15.1. The molecule has 1 fully saturated rings. The minimum atomic E-state index is -1.16. The summed E-state index contributed by atoms with van der Waals surface area (Å²) in [5.74, 6) is -4.49. The van der Waals surface area contributed by atoms with Gasteiger partial charge in [0.05, 0.1) is 30.9 Å². The lowest BCUT2D eigenvalue weighted by atomic mass is 9.85. The monoisotopic (exact) mass is 283 g/mol. The Bertz CT molecular complexity index is 431. The Hall–Kier alpha value is -2.14. The van der Waals surface area contributed by atoms with Crippen molar-refractivity contribution in [3.05, 3.63) is 0 Å². The molecular formula is C12H17N3O5. The third kappa shape index (κ3) is 4.51. The molecule has 0 aromatic rings. The van der Waals surface area contributed by atoms with Gasteiger partial charge in [0.1, 0.15) is 0 Å². The molecule has 110 valence electrons. The van der Waals surface area contributed by atoms with E-state index in [9.17, 15) is 14.4 Å². The molecule has 8 heteroatoms. The molecule has 8 nitrogen and oxygen atoms in total. The van der Waals surface area contributed by atoms with E-state index >= 15 is 0 Å². The first-order chi connectivity index (χ1) is 9.45. The number of carbonyl (C=O) groups excluding carboxylic acids is 1. The summed E-state index contributed by atoms with van der Waals surface area (Å²) in [4.78, 5) is 35.2. The molecule has 0 radical (unpaired) electrons. The quantitative estimate of drug-likeness (QED) is 0.540. The van der Waals surface area contributed by atoms with E-state index in [0.717, 1.165) is 0 Å². The molecule has 0 aromatic heterocycles. The molecule has 1 rings (SSSR count). The van der Waals surface area contributed by atoms with Gasteiger partial charge in [-0.3, -0.25) is 19.3 Å². The predicted octanol–water partition coefficient (Wildman–Crippen LogP) is -0.876. The number of hydrogen-bond acceptors (Lipinski definition) is 5. The molecule has 2 unspecified atom stereocenters. The number of carboxylic acids is 2. The van der Waals surface area contributed by atoms with Crippen molar-refractivity contribution < 1.29 is 24.6 Å². The van der Waals surface area contributed by atoms with Crippen LogP contribution in [0.4, 0.5) is 0 Å². The molecule has 0 spiro atoms. The van der Waals surface area contributed by atoms with Gasteiger partial charge < -0.3 is 15.5 Å². The number of nitrogens with one attached hydrogen (secondary N) is 1. The molecule has 0 aromatic carbocycles. The molecule has 1 saturated heterocycles. The highest BCUT2D eigenvalue weighted by atomic mass is 16.4. The molecule has 0 aliphatic carbocycles. The van der Waals surface area contributed by atoms with Crippen molar-refractivity contribution in [2.75, 3.05) is 26.2 Å². The minimum absolute atomic E-state index is 0.0154. The van der Waals surface area contributed by atoms with Crippen molar-refractivity contribution >= 4 is 17.8 Å². The molecule has 0 bridgehead atoms. The van der Waals surface area contributed by atoms with Crippen LogP contribution < -0.4 is 5.32 Å². The number of rotatable bonds is 6. The first-order valence-corrected chi connectivity index (χ1v) is 6.27. The summed E-state index contributed by atoms with van der Waals surface area (Å²) in [5, 5.41) is 28.9. The number of carboxylic acid groups (broad SMARTS) is 2. The van der Waals surface area contributed by atoms with Crippen molar-refractivity contribution in [2.45, 2.75) is 12.8 Å². The largest absolute Gasteiger partial charge is 0.481 e. The fraction of sp³-hybridized carbons (Fsp3) is 0.667. The normalized spacial score (nSPS) is 22.8. The Kier molecular flexibility index (Phi) is 5.93. The van der Waals surface area contributed by atoms with Gasteiger partial charge in [-0.25, -0.2) is 0 Å². The van der Waals surface area contributed by atoms with Gasteiger partial charge >= 0.3 is 11.9 Å². The highest BCUT2D eigenvalue weighted by Gasteiger charge is 2.38. The number of hydrogen-bond donors (Lipinski definition) is 3. The molecule has 20 heavy (non-hydrogen) atoms. The van der Waals surface area contributed by atoms with E-state index in [2.05, 4.69) is 5.32 Å². The maximum absolute atomic E-state index is 11.6. The number of likely N-dealkylation sites (tertiary alicyclic amines) is 1. The smallest absolute Gasteiger partial charge is 0.308 e. The summed E-state index contributed by atoms with van der Waals surface area (Å²) in [7, 11) is 0. The first kappa shape index (κ1) is 15.9. The molecular weight excluding hydrogens is 266 g/mol. The molecule has 1 heterocycles. The fourth-order valence-electron chi connectivity index (χ4n) is 2.23. The van der Waals surface area contributed by atoms with Crippen LogP contribution in [-0.4, -0.2) is 59.1 Å². The van der Waals surface area contributed by atoms with E-state index in [1.165, 1.54) is 0 Å². The Morgan fingerprint density at radius 3 is 2.45 bits per heavy atom. The van der Waals surface area contributed by atoms with Crippen LogP contribution in [0, 0.1) is 23.2 Å². The Labute approximate surface area is 116 Å². The average molecular weight is 283 g/mol. The van der Waals surface area contributed by atoms with Crippen LogP contribution in [0.1, 0.15) is 12.8 Å². The average Bonchev–Trinajstić information content (AvgIpc) is 2.38. The maximum Gasteiger partial charge on any atom is 0.308 e. The van der Waals surface area contributed by atoms with Crippen molar-refractivity contribution in [3.8, 4) is 6.07 Å². The van der Waals surface area contributed by atoms with Gasteiger partial charge in [-0.2, -0.15) is 5.26 Å². The van der Waals surface area contributed by atoms with Gasteiger partial charge in [-0.15, -0.1) is 0 Å². The molecule has 1 aliphatic rings. The van der Waals surface area contributed by atoms with Gasteiger partial charge in [0, 0.05) is 13.1 Å². The molecule has 0 saturated carbocycles. The third-order valence-electron chi connectivity index (χ3n) is 3.26. The van der Waals surface area contributed by atoms with Crippen LogP contribution >= 0.6 is 0 Å². The summed E-state index contributed by atoms with van der Waals surface area (Å²) in [5.41, 5.74) is 0. The van der Waals surface area contributed by atoms with Gasteiger partial charge in [0.25, 0.3) is 0 Å². The van der Waals surface area contributed by atoms with Crippen LogP contribution in [0.2, 0.25) is 0 Å². The number of nitriles is 1. The van der Waals surface area contributed by atoms with Crippen molar-refractivity contribution in [3.63, 3.8) is 0 Å². The highest BCUT2D eigenvalue weighted by Crippen LogP contribution is 2.24. The number of carbonyl (C=O) groups is 3. The van der Waals surface area contributed by atoms with Gasteiger partial charge in [0.2, 0.25) is 5.91 Å². The molecule has 1 amide bonds. The van der Waals surface area contributed by atoms with Crippen molar-refractivity contribution in [1.29, 1.82) is 5.26 Å². The van der Waals surface area contributed by atoms with Crippen molar-refractivity contribution in [2.24, 2.45) is 11.8 Å². The van der Waals surface area contributed by atoms with Gasteiger partial charge in [-0.1, -0.05) is 0 Å². The minimum Gasteiger partial charge on any atom is -0.481 e. The SMILES string of the molecule is N#CCCNC(=O)CN1CCC(C(=O)O)C(C(=O)O)C1. The summed E-state index contributed by atoms with van der Waals surface area (Å²) >= 11 is 0. The van der Waals surface area contributed by atoms with Crippen LogP contribution in [-0.2, 0) is 14.4 Å². The van der Waals surface area contributed by atoms with Gasteiger partial charge in [0.15, 0.2) is 0 Å². The van der Waals surface area contributed by atoms with E-state index < -0.39 is 23.8 Å². The van der Waals surface area contributed by atoms with Gasteiger partial charge in [-0.05, 0) is 13.0 Å². The fourth-order valence-corrected chi connectivity index (χ4v) is 2.23. The number of nitrogens with zero attached hydrogens (tertiary/aromatic N) is 2. The summed E-state index contributed by atoms with van der Waals surface area (Å²) < 4.78 is 0. The second kappa shape index (κ2) is 7.45. The first-order valence-electron chi connectivity index (χ1n) is 6.27. The topological polar surface area (TPSA) is 131 Å². The van der Waals surface area contributed by atoms with E-state index in [1.807, 2.05) is 6.07 Å². The third-order valence-corrected chi connectivity index (χ3v) is 3.26. The lowest BCUT2D eigenvalue weighted by Crippen LogP contribution is -2.49. The Morgan fingerprint density at radius 1 is 1.25 bits per heavy atom. The summed E-state index contributed by atoms with van der Waals surface area (Å²) in [6, 6.07) is 1.90. The number of aliphatic carboxylic acids is 2. The Balaban J connectivity index is 2.50. The van der Waals surface area contributed by atoms with Crippen LogP contribution in [0.25, 0.3) is 0 Å². The van der Waals surface area contributed by atoms with Crippen LogP contribution in [0.15, 0.2) is 0 Å². The van der Waals surface area contributed by atoms with Crippen LogP contribution in [0.5, 0.6) is 0 Å². The zero-order valence-electron chi connectivity index (χ0n) is 10.9. The second-order valence-corrected chi connectivity index (χ2v) is 4.67. The lowest BCUT2D eigenvalue weighted by molar-refractivity contribution is -0.157. The summed E-state index contributed by atoms with van der Waals surface area (Å²) in [6.07, 6.45) is 0.419.